The topological polar surface area (TPSA) is 54.3 Å². The summed E-state index contributed by atoms with van der Waals surface area (Å²) < 4.78 is 1.44. The van der Waals surface area contributed by atoms with Crippen molar-refractivity contribution in [2.75, 3.05) is 25.0 Å². The summed E-state index contributed by atoms with van der Waals surface area (Å²) in [6, 6.07) is 13.1. The van der Waals surface area contributed by atoms with Crippen molar-refractivity contribution in [1.29, 1.82) is 0 Å². The number of benzene rings is 1. The van der Waals surface area contributed by atoms with Crippen LogP contribution in [-0.4, -0.2) is 30.6 Å². The van der Waals surface area contributed by atoms with E-state index in [-0.39, 0.29) is 11.5 Å². The molecule has 0 bridgehead atoms. The third-order valence-electron chi connectivity index (χ3n) is 3.52. The zero-order valence-corrected chi connectivity index (χ0v) is 13.0. The standard InChI is InChI=1S/C17H21N3O2/c1-19(15-7-4-3-5-8-15)11-6-10-18-17(22)14-9-12-20(2)16(21)13-14/h3-5,7-9,12-13H,6,10-11H2,1-2H3,(H,18,22). The van der Waals surface area contributed by atoms with Crippen molar-refractivity contribution in [2.45, 2.75) is 6.42 Å². The van der Waals surface area contributed by atoms with Crippen LogP contribution in [0.4, 0.5) is 5.69 Å². The Morgan fingerprint density at radius 1 is 1.23 bits per heavy atom. The number of hydrogen-bond donors (Lipinski definition) is 1. The zero-order chi connectivity index (χ0) is 15.9. The van der Waals surface area contributed by atoms with Gasteiger partial charge in [0.2, 0.25) is 0 Å². The Labute approximate surface area is 130 Å². The monoisotopic (exact) mass is 299 g/mol. The van der Waals surface area contributed by atoms with Crippen LogP contribution in [0.5, 0.6) is 0 Å². The quantitative estimate of drug-likeness (QED) is 0.825. The highest BCUT2D eigenvalue weighted by Crippen LogP contribution is 2.10. The van der Waals surface area contributed by atoms with E-state index < -0.39 is 0 Å². The van der Waals surface area contributed by atoms with Crippen molar-refractivity contribution in [1.82, 2.24) is 9.88 Å². The van der Waals surface area contributed by atoms with Crippen LogP contribution in [0.15, 0.2) is 53.5 Å². The summed E-state index contributed by atoms with van der Waals surface area (Å²) in [4.78, 5) is 25.6. The Kier molecular flexibility index (Phi) is 5.36. The molecule has 2 rings (SSSR count). The summed E-state index contributed by atoms with van der Waals surface area (Å²) in [6.45, 7) is 1.42. The normalized spacial score (nSPS) is 10.3. The minimum atomic E-state index is -0.208. The molecular weight excluding hydrogens is 278 g/mol. The molecule has 1 amide bonds. The van der Waals surface area contributed by atoms with E-state index in [0.29, 0.717) is 12.1 Å². The van der Waals surface area contributed by atoms with Gasteiger partial charge in [0.05, 0.1) is 0 Å². The smallest absolute Gasteiger partial charge is 0.251 e. The summed E-state index contributed by atoms with van der Waals surface area (Å²) >= 11 is 0. The number of carbonyl (C=O) groups excluding carboxylic acids is 1. The number of amides is 1. The molecule has 2 aromatic rings. The lowest BCUT2D eigenvalue weighted by Crippen LogP contribution is -2.29. The van der Waals surface area contributed by atoms with Crippen LogP contribution in [0.3, 0.4) is 0 Å². The Morgan fingerprint density at radius 3 is 2.64 bits per heavy atom. The van der Waals surface area contributed by atoms with Gasteiger partial charge in [0.1, 0.15) is 0 Å². The molecule has 0 aliphatic heterocycles. The van der Waals surface area contributed by atoms with Crippen molar-refractivity contribution in [3.63, 3.8) is 0 Å². The van der Waals surface area contributed by atoms with E-state index >= 15 is 0 Å². The maximum absolute atomic E-state index is 11.9. The number of aryl methyl sites for hydroxylation is 1. The van der Waals surface area contributed by atoms with Crippen molar-refractivity contribution in [3.8, 4) is 0 Å². The summed E-state index contributed by atoms with van der Waals surface area (Å²) in [7, 11) is 3.68. The van der Waals surface area contributed by atoms with Gasteiger partial charge < -0.3 is 14.8 Å². The Balaban J connectivity index is 1.77. The highest BCUT2D eigenvalue weighted by molar-refractivity contribution is 5.93. The van der Waals surface area contributed by atoms with Crippen molar-refractivity contribution < 1.29 is 4.79 Å². The molecule has 1 heterocycles. The lowest BCUT2D eigenvalue weighted by molar-refractivity contribution is 0.0953. The van der Waals surface area contributed by atoms with Crippen molar-refractivity contribution in [2.24, 2.45) is 7.05 Å². The average Bonchev–Trinajstić information content (AvgIpc) is 2.54. The first-order valence-electron chi connectivity index (χ1n) is 7.29. The Bertz CT molecular complexity index is 680. The van der Waals surface area contributed by atoms with Crippen molar-refractivity contribution >= 4 is 11.6 Å². The van der Waals surface area contributed by atoms with E-state index in [4.69, 9.17) is 0 Å². The molecule has 0 fully saturated rings. The number of hydrogen-bond acceptors (Lipinski definition) is 3. The molecular formula is C17H21N3O2. The van der Waals surface area contributed by atoms with Crippen LogP contribution in [0.1, 0.15) is 16.8 Å². The molecule has 0 saturated carbocycles. The van der Waals surface area contributed by atoms with Gasteiger partial charge in [-0.05, 0) is 24.6 Å². The highest BCUT2D eigenvalue weighted by atomic mass is 16.2. The molecule has 116 valence electrons. The van der Waals surface area contributed by atoms with Crippen LogP contribution in [-0.2, 0) is 7.05 Å². The number of nitrogens with zero attached hydrogens (tertiary/aromatic N) is 2. The fourth-order valence-corrected chi connectivity index (χ4v) is 2.12. The van der Waals surface area contributed by atoms with Gasteiger partial charge in [-0.15, -0.1) is 0 Å². The number of rotatable bonds is 6. The fraction of sp³-hybridized carbons (Fsp3) is 0.294. The maximum Gasteiger partial charge on any atom is 0.251 e. The predicted octanol–water partition coefficient (Wildman–Crippen LogP) is 1.64. The van der Waals surface area contributed by atoms with Crippen LogP contribution >= 0.6 is 0 Å². The van der Waals surface area contributed by atoms with Crippen LogP contribution in [0.2, 0.25) is 0 Å². The molecule has 0 unspecified atom stereocenters. The Hall–Kier alpha value is -2.56. The number of aromatic nitrogens is 1. The lowest BCUT2D eigenvalue weighted by atomic mass is 10.2. The third-order valence-corrected chi connectivity index (χ3v) is 3.52. The highest BCUT2D eigenvalue weighted by Gasteiger charge is 2.06. The molecule has 0 radical (unpaired) electrons. The molecule has 5 heteroatoms. The van der Waals surface area contributed by atoms with Crippen LogP contribution < -0.4 is 15.8 Å². The summed E-state index contributed by atoms with van der Waals surface area (Å²) in [6.07, 6.45) is 2.43. The van der Waals surface area contributed by atoms with Gasteiger partial charge in [-0.3, -0.25) is 9.59 Å². The summed E-state index contributed by atoms with van der Waals surface area (Å²) in [5, 5.41) is 2.84. The second-order valence-corrected chi connectivity index (χ2v) is 5.23. The largest absolute Gasteiger partial charge is 0.375 e. The Morgan fingerprint density at radius 2 is 1.95 bits per heavy atom. The summed E-state index contributed by atoms with van der Waals surface area (Å²) in [5.74, 6) is -0.208. The van der Waals surface area contributed by atoms with E-state index in [2.05, 4.69) is 22.3 Å². The minimum absolute atomic E-state index is 0.184. The predicted molar refractivity (Wildman–Crippen MR) is 88.3 cm³/mol. The van der Waals surface area contributed by atoms with Gasteiger partial charge in [-0.25, -0.2) is 0 Å². The van der Waals surface area contributed by atoms with Gasteiger partial charge in [0.25, 0.3) is 11.5 Å². The van der Waals surface area contributed by atoms with E-state index in [1.807, 2.05) is 25.2 Å². The number of carbonyl (C=O) groups is 1. The molecule has 1 aromatic carbocycles. The fourth-order valence-electron chi connectivity index (χ4n) is 2.12. The SMILES string of the molecule is CN(CCCNC(=O)c1ccn(C)c(=O)c1)c1ccccc1. The molecule has 0 aliphatic rings. The molecule has 0 aliphatic carbocycles. The zero-order valence-electron chi connectivity index (χ0n) is 13.0. The van der Waals surface area contributed by atoms with Gasteiger partial charge in [-0.2, -0.15) is 0 Å². The van der Waals surface area contributed by atoms with Gasteiger partial charge in [0.15, 0.2) is 0 Å². The second kappa shape index (κ2) is 7.45. The molecule has 0 saturated heterocycles. The first kappa shape index (κ1) is 15.8. The number of anilines is 1. The van der Waals surface area contributed by atoms with E-state index in [0.717, 1.165) is 18.7 Å². The minimum Gasteiger partial charge on any atom is -0.375 e. The molecule has 0 spiro atoms. The molecule has 5 nitrogen and oxygen atoms in total. The van der Waals surface area contributed by atoms with Crippen LogP contribution in [0, 0.1) is 0 Å². The lowest BCUT2D eigenvalue weighted by Gasteiger charge is -2.19. The number of para-hydroxylation sites is 1. The third kappa shape index (κ3) is 4.22. The number of pyridine rings is 1. The second-order valence-electron chi connectivity index (χ2n) is 5.23. The van der Waals surface area contributed by atoms with Crippen LogP contribution in [0.25, 0.3) is 0 Å². The first-order chi connectivity index (χ1) is 10.6. The maximum atomic E-state index is 11.9. The first-order valence-corrected chi connectivity index (χ1v) is 7.29. The molecule has 1 aromatic heterocycles. The molecule has 22 heavy (non-hydrogen) atoms. The van der Waals surface area contributed by atoms with Gasteiger partial charge in [-0.1, -0.05) is 18.2 Å². The van der Waals surface area contributed by atoms with E-state index in [1.165, 1.54) is 10.6 Å². The van der Waals surface area contributed by atoms with Gasteiger partial charge >= 0.3 is 0 Å². The summed E-state index contributed by atoms with van der Waals surface area (Å²) in [5.41, 5.74) is 1.37. The van der Waals surface area contributed by atoms with E-state index in [1.54, 1.807) is 19.3 Å². The molecule has 1 N–H and O–H groups in total. The average molecular weight is 299 g/mol. The molecule has 0 atom stereocenters. The van der Waals surface area contributed by atoms with Gasteiger partial charge in [0, 0.05) is 50.7 Å². The number of nitrogens with one attached hydrogen (secondary N) is 1. The van der Waals surface area contributed by atoms with Crippen molar-refractivity contribution in [3.05, 3.63) is 64.6 Å². The van der Waals surface area contributed by atoms with E-state index in [9.17, 15) is 9.59 Å².